The first-order valence-corrected chi connectivity index (χ1v) is 16.3. The molecule has 250 valence electrons. The molecule has 5 N–H and O–H groups in total. The van der Waals surface area contributed by atoms with Crippen LogP contribution in [-0.4, -0.2) is 80.1 Å². The first-order chi connectivity index (χ1) is 21.1. The lowest BCUT2D eigenvalue weighted by Gasteiger charge is -2.30. The van der Waals surface area contributed by atoms with E-state index in [0.717, 1.165) is 19.2 Å². The van der Waals surface area contributed by atoms with E-state index in [1.54, 1.807) is 13.8 Å². The van der Waals surface area contributed by atoms with E-state index in [9.17, 15) is 29.6 Å². The van der Waals surface area contributed by atoms with Gasteiger partial charge in [-0.25, -0.2) is 19.2 Å². The first kappa shape index (κ1) is 36.3. The molecule has 3 rings (SSSR count). The Hall–Kier alpha value is -3.16. The minimum atomic E-state index is -4.54. The average Bonchev–Trinajstić information content (AvgIpc) is 3.51. The van der Waals surface area contributed by atoms with Crippen LogP contribution in [0, 0.1) is 17.2 Å². The Morgan fingerprint density at radius 1 is 1.24 bits per heavy atom. The number of nitrogens with one attached hydrogen (secondary N) is 1. The highest BCUT2D eigenvalue weighted by Gasteiger charge is 2.58. The molecule has 0 radical (unpaired) electrons. The molecule has 0 amide bonds. The van der Waals surface area contributed by atoms with Crippen molar-refractivity contribution >= 4 is 31.0 Å². The van der Waals surface area contributed by atoms with Gasteiger partial charge in [0.2, 0.25) is 12.4 Å². The van der Waals surface area contributed by atoms with Gasteiger partial charge in [0, 0.05) is 0 Å². The Balaban J connectivity index is 1.83. The number of aliphatic hydroxyl groups is 2. The van der Waals surface area contributed by atoms with E-state index in [4.69, 9.17) is 29.0 Å². The molecule has 17 heteroatoms. The summed E-state index contributed by atoms with van der Waals surface area (Å²) < 4.78 is 42.6. The quantitative estimate of drug-likeness (QED) is 0.116. The molecule has 1 aliphatic rings. The largest absolute Gasteiger partial charge is 0.462 e. The van der Waals surface area contributed by atoms with Crippen LogP contribution in [0.4, 0.5) is 5.82 Å². The standard InChI is InChI=1S/C28H43N6O10P/c1-7-9-18(10-8-2)25(37)40-16-42-45(39,33-27(5,6)26(38)43-17(3)4)41-13-20-22(35)23(36)28(14-29,44-20)21-12-11-19-24(30)31-15-32-34(19)21/h11-12,15,17-18,20,22-23,35-36H,7-10,13,16H2,1-6H3,(H,33,39)(H2,30,31,32)/t20-,22-,23-,28+,45+/m1/s1. The van der Waals surface area contributed by atoms with Crippen molar-refractivity contribution in [2.45, 2.75) is 103 Å². The molecule has 0 aromatic carbocycles. The Morgan fingerprint density at radius 2 is 1.91 bits per heavy atom. The summed E-state index contributed by atoms with van der Waals surface area (Å²) in [5.74, 6) is -1.58. The number of hydrogen-bond donors (Lipinski definition) is 4. The Morgan fingerprint density at radius 3 is 2.51 bits per heavy atom. The van der Waals surface area contributed by atoms with E-state index in [1.807, 2.05) is 19.9 Å². The first-order valence-electron chi connectivity index (χ1n) is 14.7. The highest BCUT2D eigenvalue weighted by Crippen LogP contribution is 2.48. The molecule has 1 fully saturated rings. The maximum Gasteiger partial charge on any atom is 0.409 e. The second-order valence-corrected chi connectivity index (χ2v) is 13.3. The van der Waals surface area contributed by atoms with E-state index < -0.39 is 68.6 Å². The predicted octanol–water partition coefficient (Wildman–Crippen LogP) is 2.33. The van der Waals surface area contributed by atoms with Gasteiger partial charge in [0.15, 0.2) is 5.82 Å². The van der Waals surface area contributed by atoms with E-state index in [-0.39, 0.29) is 17.4 Å². The molecule has 1 saturated heterocycles. The summed E-state index contributed by atoms with van der Waals surface area (Å²) in [4.78, 5) is 29.3. The highest BCUT2D eigenvalue weighted by molar-refractivity contribution is 7.51. The zero-order chi connectivity index (χ0) is 33.6. The average molecular weight is 655 g/mol. The van der Waals surface area contributed by atoms with Gasteiger partial charge >= 0.3 is 19.7 Å². The summed E-state index contributed by atoms with van der Waals surface area (Å²) in [6.45, 7) is 8.47. The molecule has 0 saturated carbocycles. The van der Waals surface area contributed by atoms with Crippen LogP contribution in [0.2, 0.25) is 0 Å². The van der Waals surface area contributed by atoms with Crippen molar-refractivity contribution < 1.29 is 47.6 Å². The Bertz CT molecular complexity index is 1420. The maximum absolute atomic E-state index is 14.0. The van der Waals surface area contributed by atoms with Crippen molar-refractivity contribution in [1.29, 1.82) is 5.26 Å². The number of nitrogens with zero attached hydrogens (tertiary/aromatic N) is 4. The van der Waals surface area contributed by atoms with Gasteiger partial charge in [0.25, 0.3) is 0 Å². The summed E-state index contributed by atoms with van der Waals surface area (Å²) in [5, 5.41) is 38.7. The summed E-state index contributed by atoms with van der Waals surface area (Å²) in [6, 6.07) is 4.87. The number of nitriles is 1. The third-order valence-corrected chi connectivity index (χ3v) is 8.96. The van der Waals surface area contributed by atoms with Gasteiger partial charge in [-0.1, -0.05) is 26.7 Å². The number of aliphatic hydroxyl groups excluding tert-OH is 2. The molecule has 0 spiro atoms. The number of nitrogen functional groups attached to an aromatic ring is 1. The van der Waals surface area contributed by atoms with Crippen LogP contribution in [0.3, 0.4) is 0 Å². The smallest absolute Gasteiger partial charge is 0.409 e. The highest BCUT2D eigenvalue weighted by atomic mass is 31.2. The molecule has 45 heavy (non-hydrogen) atoms. The van der Waals surface area contributed by atoms with Crippen LogP contribution in [0.1, 0.15) is 72.9 Å². The zero-order valence-corrected chi connectivity index (χ0v) is 27.2. The third-order valence-electron chi connectivity index (χ3n) is 7.20. The predicted molar refractivity (Wildman–Crippen MR) is 159 cm³/mol. The second-order valence-electron chi connectivity index (χ2n) is 11.6. The van der Waals surface area contributed by atoms with Gasteiger partial charge in [0.1, 0.15) is 41.8 Å². The summed E-state index contributed by atoms with van der Waals surface area (Å²) in [6.07, 6.45) is -1.54. The Kier molecular flexibility index (Phi) is 12.1. The summed E-state index contributed by atoms with van der Waals surface area (Å²) >= 11 is 0. The Labute approximate surface area is 261 Å². The number of anilines is 1. The molecule has 0 bridgehead atoms. The van der Waals surface area contributed by atoms with Crippen LogP contribution in [0.15, 0.2) is 18.5 Å². The van der Waals surface area contributed by atoms with Gasteiger partial charge in [-0.2, -0.15) is 10.4 Å². The number of ether oxygens (including phenoxy) is 3. The van der Waals surface area contributed by atoms with Crippen LogP contribution in [0.25, 0.3) is 5.52 Å². The lowest BCUT2D eigenvalue weighted by Crippen LogP contribution is -2.47. The van der Waals surface area contributed by atoms with E-state index in [0.29, 0.717) is 18.4 Å². The fourth-order valence-corrected chi connectivity index (χ4v) is 6.44. The summed E-state index contributed by atoms with van der Waals surface area (Å²) in [7, 11) is -4.54. The van der Waals surface area contributed by atoms with Gasteiger partial charge in [-0.15, -0.1) is 0 Å². The van der Waals surface area contributed by atoms with Gasteiger partial charge < -0.3 is 30.2 Å². The van der Waals surface area contributed by atoms with Crippen molar-refractivity contribution in [2.24, 2.45) is 5.92 Å². The number of carbonyl (C=O) groups is 2. The summed E-state index contributed by atoms with van der Waals surface area (Å²) in [5.41, 5.74) is 2.53. The van der Waals surface area contributed by atoms with Crippen LogP contribution in [0.5, 0.6) is 0 Å². The number of hydrogen-bond acceptors (Lipinski definition) is 14. The van der Waals surface area contributed by atoms with E-state index in [1.165, 1.54) is 30.5 Å². The molecule has 5 atom stereocenters. The molecular weight excluding hydrogens is 611 g/mol. The topological polar surface area (TPSA) is 230 Å². The second kappa shape index (κ2) is 15.0. The minimum Gasteiger partial charge on any atom is -0.462 e. The van der Waals surface area contributed by atoms with E-state index in [2.05, 4.69) is 15.2 Å². The molecule has 0 aliphatic carbocycles. The van der Waals surface area contributed by atoms with Crippen LogP contribution >= 0.6 is 7.75 Å². The number of aromatic nitrogens is 3. The monoisotopic (exact) mass is 654 g/mol. The molecule has 0 unspecified atom stereocenters. The van der Waals surface area contributed by atoms with Crippen molar-refractivity contribution in [1.82, 2.24) is 19.7 Å². The van der Waals surface area contributed by atoms with Crippen LogP contribution < -0.4 is 10.8 Å². The molecule has 1 aliphatic heterocycles. The van der Waals surface area contributed by atoms with E-state index >= 15 is 0 Å². The van der Waals surface area contributed by atoms with Crippen molar-refractivity contribution in [3.63, 3.8) is 0 Å². The SMILES string of the molecule is CCCC(CCC)C(=O)OCO[P@](=O)(NC(C)(C)C(=O)OC(C)C)OC[C@H]1O[C@@](C#N)(c2ccc3c(N)ncnn23)[C@H](O)[C@@H]1O. The molecular formula is C28H43N6O10P. The number of nitrogens with two attached hydrogens (primary N) is 1. The zero-order valence-electron chi connectivity index (χ0n) is 26.3. The van der Waals surface area contributed by atoms with Crippen molar-refractivity contribution in [3.05, 3.63) is 24.2 Å². The maximum atomic E-state index is 14.0. The normalized spacial score (nSPS) is 23.3. The lowest BCUT2D eigenvalue weighted by atomic mass is 9.92. The van der Waals surface area contributed by atoms with Crippen molar-refractivity contribution in [2.75, 3.05) is 19.1 Å². The third kappa shape index (κ3) is 8.17. The molecule has 2 aromatic rings. The minimum absolute atomic E-state index is 0.0545. The van der Waals surface area contributed by atoms with Gasteiger partial charge in [0.05, 0.1) is 24.3 Å². The van der Waals surface area contributed by atoms with Crippen molar-refractivity contribution in [3.8, 4) is 6.07 Å². The molecule has 2 aromatic heterocycles. The lowest BCUT2D eigenvalue weighted by molar-refractivity contribution is -0.157. The fraction of sp³-hybridized carbons (Fsp3) is 0.679. The molecule has 3 heterocycles. The number of fused-ring (bicyclic) bond motifs is 1. The van der Waals surface area contributed by atoms with Crippen LogP contribution in [-0.2, 0) is 43.0 Å². The fourth-order valence-electron chi connectivity index (χ4n) is 4.92. The van der Waals surface area contributed by atoms with Gasteiger partial charge in [-0.05, 0) is 52.7 Å². The molecule has 16 nitrogen and oxygen atoms in total. The number of esters is 2. The number of carbonyl (C=O) groups excluding carboxylic acids is 2. The number of rotatable bonds is 16. The van der Waals surface area contributed by atoms with Gasteiger partial charge in [-0.3, -0.25) is 18.6 Å².